The minimum Gasteiger partial charge on any atom is -0.390 e. The van der Waals surface area contributed by atoms with Gasteiger partial charge in [0, 0.05) is 92.3 Å². The van der Waals surface area contributed by atoms with Gasteiger partial charge in [-0.25, -0.2) is 0 Å². The summed E-state index contributed by atoms with van der Waals surface area (Å²) < 4.78 is 0. The van der Waals surface area contributed by atoms with Gasteiger partial charge in [0.15, 0.2) is 11.6 Å². The van der Waals surface area contributed by atoms with Crippen LogP contribution in [0.2, 0.25) is 0 Å². The first-order valence-electron chi connectivity index (χ1n) is 34.8. The van der Waals surface area contributed by atoms with Gasteiger partial charge in [0.2, 0.25) is 47.3 Å². The van der Waals surface area contributed by atoms with E-state index >= 15 is 33.6 Å². The summed E-state index contributed by atoms with van der Waals surface area (Å²) in [6, 6.07) is -7.35. The molecule has 2 N–H and O–H groups in total. The summed E-state index contributed by atoms with van der Waals surface area (Å²) in [4.78, 5) is 175. The topological polar surface area (TPSA) is 270 Å². The number of hydrogen-bond donors (Lipinski definition) is 2. The van der Waals surface area contributed by atoms with E-state index < -0.39 is 149 Å². The molecule has 2 aliphatic rings. The van der Waals surface area contributed by atoms with Crippen molar-refractivity contribution in [2.75, 3.05) is 69.0 Å². The molecular weight excluding hydrogens is 1200 g/mol. The molecule has 2 rings (SSSR count). The number of nitrogens with one attached hydrogen (secondary N) is 1. The van der Waals surface area contributed by atoms with E-state index in [0.29, 0.717) is 45.3 Å². The Labute approximate surface area is 565 Å². The van der Waals surface area contributed by atoms with Crippen molar-refractivity contribution in [2.45, 2.75) is 243 Å². The van der Waals surface area contributed by atoms with Crippen LogP contribution < -0.4 is 5.32 Å². The maximum atomic E-state index is 15.3. The number of carbonyl (C=O) groups excluding carboxylic acids is 11. The van der Waals surface area contributed by atoms with Crippen molar-refractivity contribution in [3.63, 3.8) is 0 Å². The van der Waals surface area contributed by atoms with Gasteiger partial charge in [-0.05, 0) is 126 Å². The molecule has 2 fully saturated rings. The highest BCUT2D eigenvalue weighted by Crippen LogP contribution is 2.30. The molecule has 0 aromatic heterocycles. The lowest BCUT2D eigenvalue weighted by Gasteiger charge is -2.41. The zero-order chi connectivity index (χ0) is 72.2. The lowest BCUT2D eigenvalue weighted by molar-refractivity contribution is -0.157. The number of Topliss-reactive ketones (excluding diaryl/α,β-unsaturated/α-hetero) is 3. The summed E-state index contributed by atoms with van der Waals surface area (Å²) in [6.45, 7) is 32.3. The number of ketones is 3. The predicted molar refractivity (Wildman–Crippen MR) is 366 cm³/mol. The first kappa shape index (κ1) is 84.0. The van der Waals surface area contributed by atoms with E-state index in [2.05, 4.69) is 16.3 Å². The zero-order valence-electron chi connectivity index (χ0n) is 62.1. The third kappa shape index (κ3) is 22.8. The third-order valence-electron chi connectivity index (χ3n) is 19.9. The molecule has 22 nitrogen and oxygen atoms in total. The number of allylic oxidation sites excluding steroid dienone is 2. The summed E-state index contributed by atoms with van der Waals surface area (Å²) in [5, 5.41) is 24.6. The molecule has 14 atom stereocenters. The number of rotatable bonds is 17. The summed E-state index contributed by atoms with van der Waals surface area (Å²) in [5.74, 6) is -11.4. The zero-order valence-corrected chi connectivity index (χ0v) is 62.1. The second-order valence-corrected chi connectivity index (χ2v) is 29.8. The molecule has 0 bridgehead atoms. The quantitative estimate of drug-likeness (QED) is 0.137. The standard InChI is InChI=1S/C72H124N10O12/c1-25-27-28-48(14)64(86)63-65(87)74-54(26-2)69(91)75(18)51(17)67(89)80(23)62(47(13)29-32-82-33-30-52(41-73)31-34-82)60(85)40-53(45(9)10)68(90)76(19)55(35-42(3)4)59(84)38-49(15)58(83)39-50(16)66(88)77(20)56(36-43(5)6)70(92)78(21)57(37-44(7)8)71(93)79(22)61(46(11)12)72(94)81(63)24/h25,27,42-57,61-64,86H,26,28-40H2,1-24H3,(H,74,87)/b27-25+/t47-,48-,49-,50+,51-,53+,54+,55+,56+,57+,61+,62+,63+,64-/m1/s1. The van der Waals surface area contributed by atoms with Crippen LogP contribution in [0.5, 0.6) is 0 Å². The fourth-order valence-electron chi connectivity index (χ4n) is 13.4. The molecule has 0 saturated carbocycles. The smallest absolute Gasteiger partial charge is 0.246 e. The van der Waals surface area contributed by atoms with Gasteiger partial charge in [-0.3, -0.25) is 52.7 Å². The number of piperidine rings is 1. The van der Waals surface area contributed by atoms with Gasteiger partial charge in [-0.1, -0.05) is 116 Å². The molecule has 2 saturated heterocycles. The van der Waals surface area contributed by atoms with Gasteiger partial charge in [0.1, 0.15) is 42.0 Å². The Morgan fingerprint density at radius 3 is 1.48 bits per heavy atom. The average Bonchev–Trinajstić information content (AvgIpc) is 0.812. The highest BCUT2D eigenvalue weighted by Gasteiger charge is 2.46. The predicted octanol–water partition coefficient (Wildman–Crippen LogP) is 7.14. The van der Waals surface area contributed by atoms with Crippen molar-refractivity contribution in [1.29, 1.82) is 5.26 Å². The van der Waals surface area contributed by atoms with E-state index in [1.807, 2.05) is 75.3 Å². The molecule has 94 heavy (non-hydrogen) atoms. The van der Waals surface area contributed by atoms with Crippen LogP contribution in [0.3, 0.4) is 0 Å². The Kier molecular flexibility index (Phi) is 34.5. The van der Waals surface area contributed by atoms with Crippen LogP contribution >= 0.6 is 0 Å². The second kappa shape index (κ2) is 38.6. The maximum absolute atomic E-state index is 15.3. The van der Waals surface area contributed by atoms with E-state index in [4.69, 9.17) is 0 Å². The van der Waals surface area contributed by atoms with Gasteiger partial charge in [0.25, 0.3) is 0 Å². The Balaban J connectivity index is 3.04. The van der Waals surface area contributed by atoms with Crippen molar-refractivity contribution in [3.05, 3.63) is 12.2 Å². The molecule has 0 unspecified atom stereocenters. The Morgan fingerprint density at radius 2 is 1.00 bits per heavy atom. The molecular formula is C72H124N10O12. The minimum atomic E-state index is -1.62. The van der Waals surface area contributed by atoms with Gasteiger partial charge in [-0.2, -0.15) is 5.26 Å². The van der Waals surface area contributed by atoms with E-state index in [0.717, 1.165) is 4.90 Å². The maximum Gasteiger partial charge on any atom is 0.246 e. The van der Waals surface area contributed by atoms with Crippen molar-refractivity contribution in [1.82, 2.24) is 44.5 Å². The van der Waals surface area contributed by atoms with Gasteiger partial charge >= 0.3 is 0 Å². The lowest BCUT2D eigenvalue weighted by atomic mass is 9.82. The fourth-order valence-corrected chi connectivity index (χ4v) is 13.4. The normalized spacial score (nSPS) is 28.1. The van der Waals surface area contributed by atoms with Crippen molar-refractivity contribution in [2.24, 2.45) is 65.1 Å². The molecule has 22 heteroatoms. The number of nitrogens with zero attached hydrogens (tertiary/aromatic N) is 9. The van der Waals surface area contributed by atoms with Crippen LogP contribution in [0, 0.1) is 76.4 Å². The number of likely N-dealkylation sites (N-methyl/N-ethyl adjacent to an activating group) is 7. The van der Waals surface area contributed by atoms with E-state index in [1.165, 1.54) is 85.7 Å². The second-order valence-electron chi connectivity index (χ2n) is 29.8. The molecule has 8 amide bonds. The monoisotopic (exact) mass is 1320 g/mol. The van der Waals surface area contributed by atoms with Crippen LogP contribution in [0.25, 0.3) is 0 Å². The van der Waals surface area contributed by atoms with Gasteiger partial charge < -0.3 is 49.6 Å². The van der Waals surface area contributed by atoms with Crippen molar-refractivity contribution < 1.29 is 57.8 Å². The van der Waals surface area contributed by atoms with Crippen LogP contribution in [0.15, 0.2) is 12.2 Å². The van der Waals surface area contributed by atoms with Crippen LogP contribution in [0.4, 0.5) is 0 Å². The van der Waals surface area contributed by atoms with Crippen LogP contribution in [-0.2, 0) is 52.7 Å². The van der Waals surface area contributed by atoms with Crippen molar-refractivity contribution in [3.8, 4) is 6.07 Å². The number of aliphatic hydroxyl groups excluding tert-OH is 1. The Morgan fingerprint density at radius 1 is 0.532 bits per heavy atom. The molecule has 534 valence electrons. The van der Waals surface area contributed by atoms with E-state index in [9.17, 15) is 29.5 Å². The summed E-state index contributed by atoms with van der Waals surface area (Å²) in [6.07, 6.45) is 4.08. The number of amides is 8. The van der Waals surface area contributed by atoms with Crippen LogP contribution in [-0.4, -0.2) is 232 Å². The van der Waals surface area contributed by atoms with Gasteiger partial charge in [0.05, 0.1) is 24.3 Å². The number of likely N-dealkylation sites (tertiary alicyclic amines) is 1. The first-order chi connectivity index (χ1) is 43.6. The molecule has 0 spiro atoms. The lowest BCUT2D eigenvalue weighted by Crippen LogP contribution is -2.63. The Bertz CT molecular complexity index is 2650. The highest BCUT2D eigenvalue weighted by molar-refractivity contribution is 6.00. The SMILES string of the molecule is C/C=C/C[C@@H](C)[C@@H](O)[C@H]1C(=O)N[C@@H](CC)C(=O)N(C)[C@H](C)C(=O)N(C)[C@@H]([C@H](C)CCN2CCC(C#N)CC2)C(=O)C[C@@H](C(C)C)C(=O)N(C)[C@@H](CC(C)C)C(=O)C[C@@H](C)C(=O)C[C@H](C)C(=O)N(C)[C@@H](CC(C)C)C(=O)N(C)[C@@H](CC(C)C)C(=O)N(C)[C@@H](C(C)C)C(=O)N1C. The highest BCUT2D eigenvalue weighted by atomic mass is 16.3. The van der Waals surface area contributed by atoms with Crippen LogP contribution in [0.1, 0.15) is 188 Å². The number of carbonyl (C=O) groups is 11. The molecule has 0 aromatic carbocycles. The number of aliphatic hydroxyl groups is 1. The van der Waals surface area contributed by atoms with Crippen molar-refractivity contribution >= 4 is 64.6 Å². The Hall–Kier alpha value is -6.08. The van der Waals surface area contributed by atoms with E-state index in [-0.39, 0.29) is 80.2 Å². The molecule has 2 aliphatic heterocycles. The summed E-state index contributed by atoms with van der Waals surface area (Å²) in [5.41, 5.74) is 0. The summed E-state index contributed by atoms with van der Waals surface area (Å²) in [7, 11) is 10.3. The fraction of sp³-hybridized carbons (Fsp3) is 0.806. The first-order valence-corrected chi connectivity index (χ1v) is 34.8. The number of nitriles is 1. The van der Waals surface area contributed by atoms with E-state index in [1.54, 1.807) is 47.6 Å². The average molecular weight is 1320 g/mol. The van der Waals surface area contributed by atoms with Gasteiger partial charge in [-0.15, -0.1) is 0 Å². The third-order valence-corrected chi connectivity index (χ3v) is 19.9. The molecule has 0 radical (unpaired) electrons. The number of hydrogen-bond acceptors (Lipinski definition) is 14. The largest absolute Gasteiger partial charge is 0.390 e. The minimum absolute atomic E-state index is 0.0141. The summed E-state index contributed by atoms with van der Waals surface area (Å²) >= 11 is 0. The molecule has 0 aliphatic carbocycles. The molecule has 2 heterocycles. The molecule has 0 aromatic rings.